The van der Waals surface area contributed by atoms with Crippen LogP contribution < -0.4 is 5.32 Å². The van der Waals surface area contributed by atoms with Gasteiger partial charge in [0.1, 0.15) is 11.9 Å². The van der Waals surface area contributed by atoms with Crippen molar-refractivity contribution in [3.8, 4) is 17.5 Å². The van der Waals surface area contributed by atoms with Gasteiger partial charge in [-0.05, 0) is 37.2 Å². The van der Waals surface area contributed by atoms with Crippen molar-refractivity contribution in [2.75, 3.05) is 11.9 Å². The van der Waals surface area contributed by atoms with Crippen LogP contribution in [0.15, 0.2) is 31.0 Å². The zero-order valence-electron chi connectivity index (χ0n) is 20.1. The number of aliphatic hydroxyl groups is 2. The lowest BCUT2D eigenvalue weighted by molar-refractivity contribution is -0.130. The summed E-state index contributed by atoms with van der Waals surface area (Å²) in [5, 5.41) is 33.7. The first kappa shape index (κ1) is 22.4. The maximum absolute atomic E-state index is 12.7. The summed E-state index contributed by atoms with van der Waals surface area (Å²) in [5.74, 6) is 1.65. The first-order chi connectivity index (χ1) is 18.0. The molecule has 13 nitrogen and oxygen atoms in total. The van der Waals surface area contributed by atoms with E-state index in [1.807, 2.05) is 0 Å². The first-order valence-corrected chi connectivity index (χ1v) is 12.6. The van der Waals surface area contributed by atoms with Gasteiger partial charge in [0, 0.05) is 25.4 Å². The molecule has 1 unspecified atom stereocenters. The molecule has 0 aliphatic heterocycles. The summed E-state index contributed by atoms with van der Waals surface area (Å²) in [6, 6.07) is 1.19. The van der Waals surface area contributed by atoms with Gasteiger partial charge in [0.05, 0.1) is 30.1 Å². The summed E-state index contributed by atoms with van der Waals surface area (Å²) in [5.41, 5.74) is 0.618. The number of carbonyl (C=O) groups excluding carboxylic acids is 1. The first-order valence-electron chi connectivity index (χ1n) is 12.6. The highest BCUT2D eigenvalue weighted by Crippen LogP contribution is 2.68. The number of ketones is 1. The largest absolute Gasteiger partial charge is 0.389 e. The van der Waals surface area contributed by atoms with Gasteiger partial charge in [-0.3, -0.25) is 4.79 Å². The van der Waals surface area contributed by atoms with Crippen LogP contribution in [0.5, 0.6) is 0 Å². The Balaban J connectivity index is 1.31. The third-order valence-electron chi connectivity index (χ3n) is 7.99. The molecule has 0 aromatic carbocycles. The molecule has 3 aliphatic carbocycles. The van der Waals surface area contributed by atoms with E-state index >= 15 is 0 Å². The number of anilines is 1. The van der Waals surface area contributed by atoms with E-state index in [0.29, 0.717) is 47.3 Å². The molecule has 4 heterocycles. The van der Waals surface area contributed by atoms with Gasteiger partial charge in [-0.15, -0.1) is 5.10 Å². The van der Waals surface area contributed by atoms with E-state index in [2.05, 4.69) is 30.6 Å². The Morgan fingerprint density at radius 3 is 2.76 bits per heavy atom. The zero-order chi connectivity index (χ0) is 25.3. The molecule has 13 heteroatoms. The summed E-state index contributed by atoms with van der Waals surface area (Å²) in [6.45, 7) is 2.55. The molecule has 3 fully saturated rings. The lowest BCUT2D eigenvalue weighted by Crippen LogP contribution is -2.37. The van der Waals surface area contributed by atoms with Crippen LogP contribution in [0.2, 0.25) is 0 Å². The molecule has 3 aliphatic rings. The van der Waals surface area contributed by atoms with Crippen LogP contribution in [0.1, 0.15) is 38.6 Å². The normalized spacial score (nSPS) is 28.4. The fraction of sp³-hybridized carbons (Fsp3) is 0.500. The van der Waals surface area contributed by atoms with Crippen LogP contribution in [-0.4, -0.2) is 79.2 Å². The highest BCUT2D eigenvalue weighted by Gasteiger charge is 2.74. The van der Waals surface area contributed by atoms with E-state index in [0.717, 1.165) is 6.54 Å². The molecule has 37 heavy (non-hydrogen) atoms. The van der Waals surface area contributed by atoms with E-state index in [-0.39, 0.29) is 17.6 Å². The van der Waals surface area contributed by atoms with Gasteiger partial charge < -0.3 is 20.1 Å². The van der Waals surface area contributed by atoms with Crippen LogP contribution in [0, 0.1) is 17.3 Å². The van der Waals surface area contributed by atoms with Crippen molar-refractivity contribution >= 4 is 22.8 Å². The van der Waals surface area contributed by atoms with Crippen LogP contribution in [-0.2, 0) is 4.79 Å². The Morgan fingerprint density at radius 1 is 1.19 bits per heavy atom. The molecular formula is C24H26N10O3. The smallest absolute Gasteiger partial charge is 0.256 e. The summed E-state index contributed by atoms with van der Waals surface area (Å²) in [4.78, 5) is 35.2. The van der Waals surface area contributed by atoms with Crippen molar-refractivity contribution in [3.05, 3.63) is 31.0 Å². The van der Waals surface area contributed by atoms with Gasteiger partial charge in [-0.1, -0.05) is 12.1 Å². The average Bonchev–Trinajstić information content (AvgIpc) is 3.77. The van der Waals surface area contributed by atoms with Crippen molar-refractivity contribution in [2.24, 2.45) is 17.3 Å². The van der Waals surface area contributed by atoms with Crippen molar-refractivity contribution in [2.45, 2.75) is 50.9 Å². The third-order valence-corrected chi connectivity index (χ3v) is 7.99. The maximum atomic E-state index is 12.7. The Hall–Kier alpha value is -3.84. The predicted octanol–water partition coefficient (Wildman–Crippen LogP) is 0.948. The maximum Gasteiger partial charge on any atom is 0.256 e. The molecular weight excluding hydrogens is 476 g/mol. The number of aromatic nitrogens is 9. The quantitative estimate of drug-likeness (QED) is 0.313. The van der Waals surface area contributed by atoms with Crippen LogP contribution in [0.3, 0.4) is 0 Å². The average molecular weight is 503 g/mol. The summed E-state index contributed by atoms with van der Waals surface area (Å²) in [7, 11) is 0. The van der Waals surface area contributed by atoms with E-state index in [1.54, 1.807) is 42.5 Å². The number of hydrogen-bond donors (Lipinski definition) is 3. The van der Waals surface area contributed by atoms with Crippen molar-refractivity contribution in [1.29, 1.82) is 0 Å². The van der Waals surface area contributed by atoms with E-state index in [1.165, 1.54) is 17.5 Å². The van der Waals surface area contributed by atoms with Gasteiger partial charge in [0.2, 0.25) is 0 Å². The van der Waals surface area contributed by atoms with Crippen LogP contribution >= 0.6 is 0 Å². The Bertz CT molecular complexity index is 1500. The van der Waals surface area contributed by atoms with E-state index in [9.17, 15) is 15.0 Å². The van der Waals surface area contributed by atoms with Gasteiger partial charge in [-0.25, -0.2) is 15.0 Å². The molecule has 0 spiro atoms. The number of Topliss-reactive ketones (excluding diaryl/α,β-unsaturated/α-hetero) is 1. The molecule has 3 saturated carbocycles. The molecule has 4 aromatic rings. The molecule has 0 bridgehead atoms. The number of imidazole rings is 1. The topological polar surface area (TPSA) is 170 Å². The minimum atomic E-state index is -1.12. The second kappa shape index (κ2) is 8.08. The Morgan fingerprint density at radius 2 is 2.00 bits per heavy atom. The molecule has 190 valence electrons. The molecule has 5 atom stereocenters. The molecule has 4 aromatic heterocycles. The molecule has 0 amide bonds. The number of hydrogen-bond acceptors (Lipinski definition) is 11. The highest BCUT2D eigenvalue weighted by atomic mass is 16.3. The molecule has 3 N–H and O–H groups in total. The summed E-state index contributed by atoms with van der Waals surface area (Å²) in [6.07, 6.45) is 7.50. The zero-order valence-corrected chi connectivity index (χ0v) is 20.1. The number of rotatable bonds is 8. The third kappa shape index (κ3) is 3.37. The minimum absolute atomic E-state index is 0.0173. The van der Waals surface area contributed by atoms with Crippen molar-refractivity contribution in [3.63, 3.8) is 0 Å². The minimum Gasteiger partial charge on any atom is -0.389 e. The molecule has 0 radical (unpaired) electrons. The number of nitrogens with one attached hydrogen (secondary N) is 1. The summed E-state index contributed by atoms with van der Waals surface area (Å²) >= 11 is 0. The Labute approximate surface area is 211 Å². The van der Waals surface area contributed by atoms with E-state index < -0.39 is 23.7 Å². The van der Waals surface area contributed by atoms with E-state index in [4.69, 9.17) is 9.97 Å². The second-order valence-electron chi connectivity index (χ2n) is 10.2. The van der Waals surface area contributed by atoms with Gasteiger partial charge in [0.15, 0.2) is 28.5 Å². The van der Waals surface area contributed by atoms with Crippen LogP contribution in [0.4, 0.5) is 5.82 Å². The molecule has 0 saturated heterocycles. The van der Waals surface area contributed by atoms with Gasteiger partial charge >= 0.3 is 0 Å². The highest BCUT2D eigenvalue weighted by molar-refractivity contribution is 5.90. The SMILES string of the molecule is CCC(=O)[C@@]12C[C@@H]1[C@@H](n1cnc3c(NCC4CC4)nc(-n4cc(-c5ncccn5)nn4)nc31)C(O)[C@H]2O. The predicted molar refractivity (Wildman–Crippen MR) is 129 cm³/mol. The van der Waals surface area contributed by atoms with Crippen molar-refractivity contribution in [1.82, 2.24) is 44.5 Å². The Kier molecular flexibility index (Phi) is 4.88. The van der Waals surface area contributed by atoms with Crippen LogP contribution in [0.25, 0.3) is 28.6 Å². The summed E-state index contributed by atoms with van der Waals surface area (Å²) < 4.78 is 3.23. The standard InChI is InChI=1S/C24H26N10O3/c1-2-15(35)24-8-13(24)17(18(36)19(24)37)33-11-28-16-21(27-9-12-4-5-12)29-23(30-22(16)33)34-10-14(31-32-34)20-25-6-3-7-26-20/h3,6-7,10-13,17-19,36-37H,2,4-5,8-9H2,1H3,(H,27,29,30)/t13-,17-,18?,19-,24-/m1/s1. The lowest BCUT2D eigenvalue weighted by atomic mass is 9.92. The second-order valence-corrected chi connectivity index (χ2v) is 10.2. The fourth-order valence-electron chi connectivity index (χ4n) is 5.78. The van der Waals surface area contributed by atoms with Crippen molar-refractivity contribution < 1.29 is 15.0 Å². The fourth-order valence-corrected chi connectivity index (χ4v) is 5.78. The monoisotopic (exact) mass is 502 g/mol. The lowest BCUT2D eigenvalue weighted by Gasteiger charge is -2.23. The number of aliphatic hydroxyl groups excluding tert-OH is 2. The number of fused-ring (bicyclic) bond motifs is 2. The number of carbonyl (C=O) groups is 1. The van der Waals surface area contributed by atoms with Gasteiger partial charge in [-0.2, -0.15) is 14.6 Å². The molecule has 7 rings (SSSR count). The number of nitrogens with zero attached hydrogens (tertiary/aromatic N) is 9. The van der Waals surface area contributed by atoms with Gasteiger partial charge in [0.25, 0.3) is 5.95 Å².